The third-order valence-corrected chi connectivity index (χ3v) is 4.47. The summed E-state index contributed by atoms with van der Waals surface area (Å²) in [7, 11) is 1.69. The molecule has 5 heteroatoms. The Morgan fingerprint density at radius 2 is 2.35 bits per heavy atom. The molecular weight excluding hydrogens is 256 g/mol. The van der Waals surface area contributed by atoms with Gasteiger partial charge in [-0.25, -0.2) is 0 Å². The van der Waals surface area contributed by atoms with Crippen molar-refractivity contribution < 1.29 is 14.6 Å². The van der Waals surface area contributed by atoms with Crippen molar-refractivity contribution in [2.45, 2.75) is 19.4 Å². The van der Waals surface area contributed by atoms with E-state index < -0.39 is 0 Å². The van der Waals surface area contributed by atoms with Gasteiger partial charge in [0.2, 0.25) is 5.91 Å². The van der Waals surface area contributed by atoms with Crippen LogP contribution >= 0.6 is 0 Å². The SMILES string of the molecule is CNC(=O)C1(C)CCN(C2COc3cc(O)ccc32)C1. The fourth-order valence-electron chi connectivity index (χ4n) is 3.23. The summed E-state index contributed by atoms with van der Waals surface area (Å²) in [6.45, 7) is 4.22. The van der Waals surface area contributed by atoms with E-state index in [1.54, 1.807) is 19.2 Å². The number of hydrogen-bond donors (Lipinski definition) is 2. The Kier molecular flexibility index (Phi) is 3.09. The van der Waals surface area contributed by atoms with E-state index in [4.69, 9.17) is 4.74 Å². The highest BCUT2D eigenvalue weighted by Gasteiger charge is 2.43. The second-order valence-corrected chi connectivity index (χ2v) is 5.91. The second-order valence-electron chi connectivity index (χ2n) is 5.91. The molecule has 2 N–H and O–H groups in total. The molecule has 0 spiro atoms. The van der Waals surface area contributed by atoms with Crippen LogP contribution in [-0.2, 0) is 4.79 Å². The monoisotopic (exact) mass is 276 g/mol. The molecule has 1 amide bonds. The Morgan fingerprint density at radius 1 is 1.55 bits per heavy atom. The Labute approximate surface area is 118 Å². The van der Waals surface area contributed by atoms with E-state index in [0.717, 1.165) is 30.8 Å². The Bertz CT molecular complexity index is 546. The van der Waals surface area contributed by atoms with Crippen LogP contribution in [0.25, 0.3) is 0 Å². The first-order valence-corrected chi connectivity index (χ1v) is 6.95. The van der Waals surface area contributed by atoms with Crippen molar-refractivity contribution in [3.8, 4) is 11.5 Å². The van der Waals surface area contributed by atoms with Gasteiger partial charge in [-0.15, -0.1) is 0 Å². The predicted octanol–water partition coefficient (Wildman–Crippen LogP) is 1.28. The summed E-state index contributed by atoms with van der Waals surface area (Å²) in [6, 6.07) is 5.44. The number of phenolic OH excluding ortho intramolecular Hbond substituents is 1. The van der Waals surface area contributed by atoms with E-state index >= 15 is 0 Å². The normalized spacial score (nSPS) is 29.0. The zero-order valence-corrected chi connectivity index (χ0v) is 11.8. The van der Waals surface area contributed by atoms with Crippen molar-refractivity contribution in [1.82, 2.24) is 10.2 Å². The second kappa shape index (κ2) is 4.66. The van der Waals surface area contributed by atoms with Gasteiger partial charge in [-0.05, 0) is 32.0 Å². The molecule has 1 aromatic rings. The highest BCUT2D eigenvalue weighted by molar-refractivity contribution is 5.82. The molecule has 1 fully saturated rings. The van der Waals surface area contributed by atoms with Crippen LogP contribution in [0.15, 0.2) is 18.2 Å². The van der Waals surface area contributed by atoms with Gasteiger partial charge in [0.15, 0.2) is 0 Å². The molecule has 2 aliphatic rings. The van der Waals surface area contributed by atoms with Crippen LogP contribution in [0.5, 0.6) is 11.5 Å². The van der Waals surface area contributed by atoms with Crippen LogP contribution in [-0.4, -0.2) is 42.7 Å². The van der Waals surface area contributed by atoms with Crippen LogP contribution in [0.2, 0.25) is 0 Å². The lowest BCUT2D eigenvalue weighted by atomic mass is 9.89. The number of phenols is 1. The van der Waals surface area contributed by atoms with Crippen molar-refractivity contribution >= 4 is 5.91 Å². The average Bonchev–Trinajstić information content (AvgIpc) is 3.01. The first-order valence-electron chi connectivity index (χ1n) is 6.95. The van der Waals surface area contributed by atoms with E-state index in [2.05, 4.69) is 10.2 Å². The van der Waals surface area contributed by atoms with Crippen LogP contribution in [0, 0.1) is 5.41 Å². The third kappa shape index (κ3) is 2.02. The molecule has 1 saturated heterocycles. The molecule has 0 bridgehead atoms. The number of fused-ring (bicyclic) bond motifs is 1. The molecule has 20 heavy (non-hydrogen) atoms. The standard InChI is InChI=1S/C15H20N2O3/c1-15(14(19)16-2)5-6-17(9-15)12-8-20-13-7-10(18)3-4-11(12)13/h3-4,7,12,18H,5-6,8-9H2,1-2H3,(H,16,19). The van der Waals surface area contributed by atoms with Gasteiger partial charge in [-0.1, -0.05) is 0 Å². The minimum Gasteiger partial charge on any atom is -0.508 e. The largest absolute Gasteiger partial charge is 0.508 e. The zero-order chi connectivity index (χ0) is 14.3. The number of aromatic hydroxyl groups is 1. The lowest BCUT2D eigenvalue weighted by Gasteiger charge is -2.26. The van der Waals surface area contributed by atoms with Gasteiger partial charge in [0.05, 0.1) is 11.5 Å². The lowest BCUT2D eigenvalue weighted by Crippen LogP contribution is -2.40. The van der Waals surface area contributed by atoms with Crippen molar-refractivity contribution in [3.05, 3.63) is 23.8 Å². The predicted molar refractivity (Wildman–Crippen MR) is 74.7 cm³/mol. The van der Waals surface area contributed by atoms with Crippen LogP contribution < -0.4 is 10.1 Å². The van der Waals surface area contributed by atoms with E-state index in [1.807, 2.05) is 13.0 Å². The number of carbonyl (C=O) groups is 1. The highest BCUT2D eigenvalue weighted by atomic mass is 16.5. The minimum atomic E-state index is -0.325. The number of carbonyl (C=O) groups excluding carboxylic acids is 1. The summed E-state index contributed by atoms with van der Waals surface area (Å²) < 4.78 is 5.66. The first kappa shape index (κ1) is 13.2. The van der Waals surface area contributed by atoms with E-state index in [-0.39, 0.29) is 23.1 Å². The maximum atomic E-state index is 12.0. The summed E-state index contributed by atoms with van der Waals surface area (Å²) in [6.07, 6.45) is 0.858. The maximum Gasteiger partial charge on any atom is 0.227 e. The molecule has 3 rings (SSSR count). The number of likely N-dealkylation sites (tertiary alicyclic amines) is 1. The van der Waals surface area contributed by atoms with Crippen molar-refractivity contribution in [3.63, 3.8) is 0 Å². The van der Waals surface area contributed by atoms with Crippen LogP contribution in [0.1, 0.15) is 24.9 Å². The minimum absolute atomic E-state index is 0.102. The molecule has 2 unspecified atom stereocenters. The molecule has 0 saturated carbocycles. The van der Waals surface area contributed by atoms with Crippen molar-refractivity contribution in [2.75, 3.05) is 26.7 Å². The fourth-order valence-corrected chi connectivity index (χ4v) is 3.23. The smallest absolute Gasteiger partial charge is 0.227 e. The Balaban J connectivity index is 1.79. The van der Waals surface area contributed by atoms with E-state index in [0.29, 0.717) is 6.61 Å². The maximum absolute atomic E-state index is 12.0. The van der Waals surface area contributed by atoms with Gasteiger partial charge in [-0.2, -0.15) is 0 Å². The number of rotatable bonds is 2. The Morgan fingerprint density at radius 3 is 3.10 bits per heavy atom. The van der Waals surface area contributed by atoms with Gasteiger partial charge in [0.1, 0.15) is 18.1 Å². The molecule has 2 atom stereocenters. The number of nitrogens with zero attached hydrogens (tertiary/aromatic N) is 1. The molecule has 0 aliphatic carbocycles. The third-order valence-electron chi connectivity index (χ3n) is 4.47. The quantitative estimate of drug-likeness (QED) is 0.854. The highest BCUT2D eigenvalue weighted by Crippen LogP contribution is 2.42. The lowest BCUT2D eigenvalue weighted by molar-refractivity contribution is -0.129. The number of hydrogen-bond acceptors (Lipinski definition) is 4. The Hall–Kier alpha value is -1.75. The molecule has 2 heterocycles. The zero-order valence-electron chi connectivity index (χ0n) is 11.8. The van der Waals surface area contributed by atoms with E-state index in [9.17, 15) is 9.90 Å². The topological polar surface area (TPSA) is 61.8 Å². The first-order chi connectivity index (χ1) is 9.53. The van der Waals surface area contributed by atoms with Crippen LogP contribution in [0.4, 0.5) is 0 Å². The molecular formula is C15H20N2O3. The molecule has 5 nitrogen and oxygen atoms in total. The summed E-state index contributed by atoms with van der Waals surface area (Å²) >= 11 is 0. The summed E-state index contributed by atoms with van der Waals surface area (Å²) in [5, 5.41) is 12.2. The van der Waals surface area contributed by atoms with Crippen molar-refractivity contribution in [1.29, 1.82) is 0 Å². The number of benzene rings is 1. The number of amides is 1. The van der Waals surface area contributed by atoms with Gasteiger partial charge in [-0.3, -0.25) is 9.69 Å². The molecule has 1 aromatic carbocycles. The number of ether oxygens (including phenoxy) is 1. The van der Waals surface area contributed by atoms with E-state index in [1.165, 1.54) is 0 Å². The van der Waals surface area contributed by atoms with Gasteiger partial charge >= 0.3 is 0 Å². The summed E-state index contributed by atoms with van der Waals surface area (Å²) in [5.41, 5.74) is 0.776. The molecule has 108 valence electrons. The van der Waals surface area contributed by atoms with Gasteiger partial charge in [0.25, 0.3) is 0 Å². The van der Waals surface area contributed by atoms with Gasteiger partial charge < -0.3 is 15.2 Å². The van der Waals surface area contributed by atoms with Crippen molar-refractivity contribution in [2.24, 2.45) is 5.41 Å². The molecule has 0 radical (unpaired) electrons. The van der Waals surface area contributed by atoms with Crippen LogP contribution in [0.3, 0.4) is 0 Å². The number of nitrogens with one attached hydrogen (secondary N) is 1. The molecule has 2 aliphatic heterocycles. The summed E-state index contributed by atoms with van der Waals surface area (Å²) in [5.74, 6) is 1.08. The molecule has 0 aromatic heterocycles. The fraction of sp³-hybridized carbons (Fsp3) is 0.533. The average molecular weight is 276 g/mol. The van der Waals surface area contributed by atoms with Gasteiger partial charge in [0, 0.05) is 25.2 Å². The summed E-state index contributed by atoms with van der Waals surface area (Å²) in [4.78, 5) is 14.3.